The largest absolute Gasteiger partial charge is 0.316 e. The normalized spacial score (nSPS) is 10.7. The highest BCUT2D eigenvalue weighted by Gasteiger charge is 2.20. The molecule has 7 nitrogen and oxygen atoms in total. The molecular formula is C22H15FN4O3. The van der Waals surface area contributed by atoms with E-state index in [-0.39, 0.29) is 11.3 Å². The molecule has 8 heteroatoms. The van der Waals surface area contributed by atoms with E-state index in [4.69, 9.17) is 0 Å². The number of nitro benzene ring substituents is 1. The van der Waals surface area contributed by atoms with Crippen LogP contribution in [0.2, 0.25) is 0 Å². The molecule has 30 heavy (non-hydrogen) atoms. The Labute approximate surface area is 170 Å². The second kappa shape index (κ2) is 7.67. The van der Waals surface area contributed by atoms with Crippen molar-refractivity contribution in [3.63, 3.8) is 0 Å². The number of halogens is 1. The molecule has 0 aliphatic rings. The van der Waals surface area contributed by atoms with Crippen molar-refractivity contribution in [2.45, 2.75) is 6.92 Å². The van der Waals surface area contributed by atoms with Crippen molar-refractivity contribution in [1.82, 2.24) is 9.97 Å². The molecule has 148 valence electrons. The van der Waals surface area contributed by atoms with Crippen molar-refractivity contribution in [1.29, 1.82) is 0 Å². The minimum Gasteiger partial charge on any atom is -0.316 e. The van der Waals surface area contributed by atoms with Crippen LogP contribution in [0.5, 0.6) is 0 Å². The first-order valence-corrected chi connectivity index (χ1v) is 9.00. The van der Waals surface area contributed by atoms with Crippen molar-refractivity contribution in [2.75, 3.05) is 5.32 Å². The van der Waals surface area contributed by atoms with Gasteiger partial charge in [0.05, 0.1) is 33.5 Å². The number of rotatable bonds is 4. The molecule has 0 bridgehead atoms. The molecule has 1 amide bonds. The zero-order chi connectivity index (χ0) is 21.3. The number of carbonyl (C=O) groups excluding carboxylic acids is 1. The summed E-state index contributed by atoms with van der Waals surface area (Å²) < 4.78 is 13.4. The summed E-state index contributed by atoms with van der Waals surface area (Å²) in [4.78, 5) is 32.5. The van der Waals surface area contributed by atoms with Crippen LogP contribution in [0.4, 0.5) is 15.8 Å². The summed E-state index contributed by atoms with van der Waals surface area (Å²) in [7, 11) is 0. The maximum absolute atomic E-state index is 13.4. The second-order valence-electron chi connectivity index (χ2n) is 6.66. The van der Waals surface area contributed by atoms with Crippen LogP contribution >= 0.6 is 0 Å². The average molecular weight is 402 g/mol. The van der Waals surface area contributed by atoms with E-state index in [1.165, 1.54) is 6.07 Å². The second-order valence-corrected chi connectivity index (χ2v) is 6.66. The van der Waals surface area contributed by atoms with Gasteiger partial charge in [-0.3, -0.25) is 19.9 Å². The highest BCUT2D eigenvalue weighted by molar-refractivity contribution is 6.13. The van der Waals surface area contributed by atoms with Gasteiger partial charge >= 0.3 is 0 Å². The third-order valence-electron chi connectivity index (χ3n) is 4.54. The molecule has 4 rings (SSSR count). The smallest absolute Gasteiger partial charge is 0.295 e. The molecule has 0 aliphatic heterocycles. The number of benzene rings is 2. The number of nitrogens with one attached hydrogen (secondary N) is 1. The van der Waals surface area contributed by atoms with Gasteiger partial charge in [-0.15, -0.1) is 0 Å². The minimum absolute atomic E-state index is 0.0941. The SMILES string of the molecule is Cc1ccc2nc(-c3ccccn3)cc(C(=O)Nc3ccc(F)cc3[N+](=O)[O-])c2c1. The van der Waals surface area contributed by atoms with Crippen molar-refractivity contribution < 1.29 is 14.1 Å². The molecule has 2 heterocycles. The van der Waals surface area contributed by atoms with E-state index in [1.54, 1.807) is 30.5 Å². The van der Waals surface area contributed by atoms with Crippen LogP contribution in [0.1, 0.15) is 15.9 Å². The van der Waals surface area contributed by atoms with Gasteiger partial charge in [-0.25, -0.2) is 9.37 Å². The first-order chi connectivity index (χ1) is 14.4. The van der Waals surface area contributed by atoms with Gasteiger partial charge in [0.1, 0.15) is 11.5 Å². The molecule has 0 saturated carbocycles. The number of aryl methyl sites for hydroxylation is 1. The van der Waals surface area contributed by atoms with Crippen LogP contribution in [0, 0.1) is 22.9 Å². The van der Waals surface area contributed by atoms with Crippen molar-refractivity contribution in [2.24, 2.45) is 0 Å². The van der Waals surface area contributed by atoms with E-state index < -0.39 is 22.3 Å². The molecule has 0 unspecified atom stereocenters. The third kappa shape index (κ3) is 3.70. The topological polar surface area (TPSA) is 98.0 Å². The van der Waals surface area contributed by atoms with E-state index in [9.17, 15) is 19.3 Å². The molecule has 4 aromatic rings. The summed E-state index contributed by atoms with van der Waals surface area (Å²) in [6.07, 6.45) is 1.62. The van der Waals surface area contributed by atoms with E-state index in [0.29, 0.717) is 22.3 Å². The summed E-state index contributed by atoms with van der Waals surface area (Å²) in [6.45, 7) is 1.89. The van der Waals surface area contributed by atoms with Crippen molar-refractivity contribution >= 4 is 28.2 Å². The minimum atomic E-state index is -0.762. The van der Waals surface area contributed by atoms with Crippen LogP contribution in [-0.2, 0) is 0 Å². The molecule has 0 spiro atoms. The Hall–Kier alpha value is -4.20. The highest BCUT2D eigenvalue weighted by atomic mass is 19.1. The Balaban J connectivity index is 1.84. The summed E-state index contributed by atoms with van der Waals surface area (Å²) in [5.74, 6) is -1.33. The molecule has 0 fully saturated rings. The lowest BCUT2D eigenvalue weighted by Gasteiger charge is -2.11. The summed E-state index contributed by atoms with van der Waals surface area (Å²) in [5.41, 5.74) is 2.25. The Morgan fingerprint density at radius 1 is 1.07 bits per heavy atom. The fourth-order valence-electron chi connectivity index (χ4n) is 3.12. The summed E-state index contributed by atoms with van der Waals surface area (Å²) in [5, 5.41) is 14.4. The number of hydrogen-bond donors (Lipinski definition) is 1. The number of pyridine rings is 2. The number of anilines is 1. The van der Waals surface area contributed by atoms with Crippen LogP contribution in [-0.4, -0.2) is 20.8 Å². The molecule has 0 atom stereocenters. The van der Waals surface area contributed by atoms with Crippen LogP contribution < -0.4 is 5.32 Å². The molecule has 2 aromatic heterocycles. The maximum atomic E-state index is 13.4. The average Bonchev–Trinajstić information content (AvgIpc) is 2.74. The molecule has 1 N–H and O–H groups in total. The maximum Gasteiger partial charge on any atom is 0.295 e. The Kier molecular flexibility index (Phi) is 4.89. The Morgan fingerprint density at radius 3 is 2.63 bits per heavy atom. The van der Waals surface area contributed by atoms with E-state index in [0.717, 1.165) is 17.7 Å². The number of amides is 1. The fraction of sp³-hybridized carbons (Fsp3) is 0.0455. The standard InChI is InChI=1S/C22H15FN4O3/c1-13-5-7-17-15(10-13)16(12-20(25-17)18-4-2-3-9-24-18)22(28)26-19-8-6-14(23)11-21(19)27(29)30/h2-12H,1H3,(H,26,28). The molecule has 0 saturated heterocycles. The van der Waals surface area contributed by atoms with Gasteiger partial charge in [0.2, 0.25) is 0 Å². The predicted molar refractivity (Wildman–Crippen MR) is 111 cm³/mol. The van der Waals surface area contributed by atoms with Crippen molar-refractivity contribution in [3.05, 3.63) is 93.9 Å². The number of aromatic nitrogens is 2. The van der Waals surface area contributed by atoms with Gasteiger partial charge in [0.25, 0.3) is 11.6 Å². The lowest BCUT2D eigenvalue weighted by atomic mass is 10.0. The predicted octanol–water partition coefficient (Wildman–Crippen LogP) is 4.90. The van der Waals surface area contributed by atoms with Gasteiger partial charge < -0.3 is 5.32 Å². The fourth-order valence-corrected chi connectivity index (χ4v) is 3.12. The number of nitro groups is 1. The van der Waals surface area contributed by atoms with Gasteiger partial charge in [-0.05, 0) is 49.4 Å². The lowest BCUT2D eigenvalue weighted by Crippen LogP contribution is -2.14. The van der Waals surface area contributed by atoms with E-state index >= 15 is 0 Å². The number of nitrogens with zero attached hydrogens (tertiary/aromatic N) is 3. The number of carbonyl (C=O) groups is 1. The number of fused-ring (bicyclic) bond motifs is 1. The van der Waals surface area contributed by atoms with Gasteiger partial charge in [0, 0.05) is 11.6 Å². The lowest BCUT2D eigenvalue weighted by molar-refractivity contribution is -0.384. The Morgan fingerprint density at radius 2 is 1.90 bits per heavy atom. The number of hydrogen-bond acceptors (Lipinski definition) is 5. The van der Waals surface area contributed by atoms with E-state index in [2.05, 4.69) is 15.3 Å². The first-order valence-electron chi connectivity index (χ1n) is 9.00. The van der Waals surface area contributed by atoms with Crippen LogP contribution in [0.15, 0.2) is 66.9 Å². The van der Waals surface area contributed by atoms with Gasteiger partial charge in [-0.2, -0.15) is 0 Å². The van der Waals surface area contributed by atoms with Crippen LogP contribution in [0.3, 0.4) is 0 Å². The Bertz CT molecular complexity index is 1290. The van der Waals surface area contributed by atoms with E-state index in [1.807, 2.05) is 25.1 Å². The van der Waals surface area contributed by atoms with Gasteiger partial charge in [-0.1, -0.05) is 17.7 Å². The molecule has 0 aliphatic carbocycles. The zero-order valence-corrected chi connectivity index (χ0v) is 15.8. The quantitative estimate of drug-likeness (QED) is 0.386. The molecular weight excluding hydrogens is 387 g/mol. The van der Waals surface area contributed by atoms with Crippen LogP contribution in [0.25, 0.3) is 22.3 Å². The first kappa shape index (κ1) is 19.1. The summed E-state index contributed by atoms with van der Waals surface area (Å²) >= 11 is 0. The highest BCUT2D eigenvalue weighted by Crippen LogP contribution is 2.28. The molecule has 0 radical (unpaired) electrons. The third-order valence-corrected chi connectivity index (χ3v) is 4.54. The van der Waals surface area contributed by atoms with Gasteiger partial charge in [0.15, 0.2) is 0 Å². The molecule has 2 aromatic carbocycles. The zero-order valence-electron chi connectivity index (χ0n) is 15.8. The van der Waals surface area contributed by atoms with Crippen molar-refractivity contribution in [3.8, 4) is 11.4 Å². The summed E-state index contributed by atoms with van der Waals surface area (Å²) in [6, 6.07) is 15.4. The monoisotopic (exact) mass is 402 g/mol.